The van der Waals surface area contributed by atoms with Gasteiger partial charge in [-0.05, 0) is 37.1 Å². The lowest BCUT2D eigenvalue weighted by molar-refractivity contribution is -0.384. The number of nitrogens with zero attached hydrogens (tertiary/aromatic N) is 1. The fourth-order valence-electron chi connectivity index (χ4n) is 2.16. The Bertz CT molecular complexity index is 665. The van der Waals surface area contributed by atoms with Crippen LogP contribution in [0.2, 0.25) is 0 Å². The van der Waals surface area contributed by atoms with Crippen LogP contribution in [0.25, 0.3) is 0 Å². The van der Waals surface area contributed by atoms with E-state index in [1.165, 1.54) is 24.3 Å². The molecule has 5 heteroatoms. The van der Waals surface area contributed by atoms with E-state index < -0.39 is 4.92 Å². The molecule has 21 heavy (non-hydrogen) atoms. The van der Waals surface area contributed by atoms with Gasteiger partial charge in [-0.1, -0.05) is 24.3 Å². The zero-order chi connectivity index (χ0) is 15.4. The fraction of sp³-hybridized carbons (Fsp3) is 0.188. The highest BCUT2D eigenvalue weighted by molar-refractivity contribution is 5.94. The van der Waals surface area contributed by atoms with Crippen molar-refractivity contribution in [3.05, 3.63) is 75.3 Å². The Kier molecular flexibility index (Phi) is 4.33. The topological polar surface area (TPSA) is 72.2 Å². The number of aryl methyl sites for hydroxylation is 1. The molecule has 108 valence electrons. The van der Waals surface area contributed by atoms with Crippen LogP contribution < -0.4 is 5.32 Å². The van der Waals surface area contributed by atoms with Crippen molar-refractivity contribution in [2.75, 3.05) is 0 Å². The van der Waals surface area contributed by atoms with Crippen LogP contribution in [0, 0.1) is 17.0 Å². The highest BCUT2D eigenvalue weighted by atomic mass is 16.6. The molecule has 0 aromatic heterocycles. The van der Waals surface area contributed by atoms with Gasteiger partial charge < -0.3 is 5.32 Å². The second-order valence-corrected chi connectivity index (χ2v) is 4.86. The van der Waals surface area contributed by atoms with Crippen molar-refractivity contribution in [1.82, 2.24) is 5.32 Å². The predicted molar refractivity (Wildman–Crippen MR) is 80.2 cm³/mol. The molecule has 1 N–H and O–H groups in total. The lowest BCUT2D eigenvalue weighted by Crippen LogP contribution is -2.27. The number of benzene rings is 2. The third kappa shape index (κ3) is 3.45. The van der Waals surface area contributed by atoms with Crippen LogP contribution in [0.3, 0.4) is 0 Å². The van der Waals surface area contributed by atoms with Crippen LogP contribution in [0.5, 0.6) is 0 Å². The molecule has 1 unspecified atom stereocenters. The maximum atomic E-state index is 12.1. The van der Waals surface area contributed by atoms with Crippen molar-refractivity contribution >= 4 is 11.6 Å². The van der Waals surface area contributed by atoms with Gasteiger partial charge in [0.2, 0.25) is 0 Å². The third-order valence-electron chi connectivity index (χ3n) is 3.34. The Morgan fingerprint density at radius 1 is 1.14 bits per heavy atom. The molecule has 2 aromatic carbocycles. The van der Waals surface area contributed by atoms with E-state index in [9.17, 15) is 14.9 Å². The fourth-order valence-corrected chi connectivity index (χ4v) is 2.16. The Morgan fingerprint density at radius 3 is 2.33 bits per heavy atom. The maximum absolute atomic E-state index is 12.1. The first-order valence-electron chi connectivity index (χ1n) is 6.60. The number of rotatable bonds is 4. The summed E-state index contributed by atoms with van der Waals surface area (Å²) in [5.41, 5.74) is 2.53. The van der Waals surface area contributed by atoms with Crippen LogP contribution >= 0.6 is 0 Å². The summed E-state index contributed by atoms with van der Waals surface area (Å²) in [4.78, 5) is 22.2. The second kappa shape index (κ2) is 6.17. The number of non-ortho nitro benzene ring substituents is 1. The number of hydrogen-bond acceptors (Lipinski definition) is 3. The zero-order valence-electron chi connectivity index (χ0n) is 11.9. The molecule has 0 aliphatic rings. The molecular formula is C16H16N2O3. The molecule has 5 nitrogen and oxygen atoms in total. The molecule has 0 fully saturated rings. The van der Waals surface area contributed by atoms with Crippen molar-refractivity contribution in [2.45, 2.75) is 19.9 Å². The van der Waals surface area contributed by atoms with E-state index in [0.29, 0.717) is 5.56 Å². The van der Waals surface area contributed by atoms with Crippen LogP contribution in [-0.4, -0.2) is 10.8 Å². The van der Waals surface area contributed by atoms with E-state index in [-0.39, 0.29) is 17.6 Å². The van der Waals surface area contributed by atoms with Crippen molar-refractivity contribution in [3.8, 4) is 0 Å². The Morgan fingerprint density at radius 2 is 1.76 bits per heavy atom. The van der Waals surface area contributed by atoms with Gasteiger partial charge in [-0.15, -0.1) is 0 Å². The number of nitro groups is 1. The first-order chi connectivity index (χ1) is 9.99. The van der Waals surface area contributed by atoms with Gasteiger partial charge in [-0.3, -0.25) is 14.9 Å². The molecule has 0 radical (unpaired) electrons. The minimum atomic E-state index is -0.488. The Balaban J connectivity index is 2.11. The number of nitro benzene ring substituents is 1. The largest absolute Gasteiger partial charge is 0.346 e. The molecule has 0 aliphatic heterocycles. The van der Waals surface area contributed by atoms with Gasteiger partial charge in [0, 0.05) is 17.7 Å². The molecule has 0 saturated carbocycles. The van der Waals surface area contributed by atoms with E-state index in [1.54, 1.807) is 0 Å². The Labute approximate surface area is 122 Å². The predicted octanol–water partition coefficient (Wildman–Crippen LogP) is 3.39. The summed E-state index contributed by atoms with van der Waals surface area (Å²) < 4.78 is 0. The summed E-state index contributed by atoms with van der Waals surface area (Å²) in [6, 6.07) is 13.3. The van der Waals surface area contributed by atoms with E-state index in [2.05, 4.69) is 5.32 Å². The normalized spacial score (nSPS) is 11.7. The van der Waals surface area contributed by atoms with E-state index in [0.717, 1.165) is 11.1 Å². The van der Waals surface area contributed by atoms with Gasteiger partial charge in [0.05, 0.1) is 11.0 Å². The highest BCUT2D eigenvalue weighted by Crippen LogP contribution is 2.18. The number of hydrogen-bond donors (Lipinski definition) is 1. The van der Waals surface area contributed by atoms with E-state index in [1.807, 2.05) is 38.1 Å². The minimum Gasteiger partial charge on any atom is -0.346 e. The van der Waals surface area contributed by atoms with Gasteiger partial charge in [-0.25, -0.2) is 0 Å². The van der Waals surface area contributed by atoms with Crippen LogP contribution in [0.15, 0.2) is 48.5 Å². The molecule has 0 spiro atoms. The SMILES string of the molecule is Cc1ccccc1C(C)NC(=O)c1ccc([N+](=O)[O-])cc1. The van der Waals surface area contributed by atoms with Crippen LogP contribution in [0.4, 0.5) is 5.69 Å². The average Bonchev–Trinajstić information content (AvgIpc) is 2.47. The summed E-state index contributed by atoms with van der Waals surface area (Å²) in [5.74, 6) is -0.249. The maximum Gasteiger partial charge on any atom is 0.269 e. The number of carbonyl (C=O) groups excluding carboxylic acids is 1. The number of carbonyl (C=O) groups is 1. The molecule has 1 amide bonds. The van der Waals surface area contributed by atoms with Crippen molar-refractivity contribution in [1.29, 1.82) is 0 Å². The molecular weight excluding hydrogens is 268 g/mol. The minimum absolute atomic E-state index is 0.0292. The van der Waals surface area contributed by atoms with Crippen molar-refractivity contribution in [2.24, 2.45) is 0 Å². The highest BCUT2D eigenvalue weighted by Gasteiger charge is 2.14. The summed E-state index contributed by atoms with van der Waals surface area (Å²) in [6.07, 6.45) is 0. The van der Waals surface area contributed by atoms with Gasteiger partial charge in [-0.2, -0.15) is 0 Å². The monoisotopic (exact) mass is 284 g/mol. The molecule has 1 atom stereocenters. The summed E-state index contributed by atoms with van der Waals surface area (Å²) in [6.45, 7) is 3.90. The lowest BCUT2D eigenvalue weighted by Gasteiger charge is -2.16. The van der Waals surface area contributed by atoms with E-state index in [4.69, 9.17) is 0 Å². The zero-order valence-corrected chi connectivity index (χ0v) is 11.9. The summed E-state index contributed by atoms with van der Waals surface area (Å²) in [7, 11) is 0. The molecule has 0 aliphatic carbocycles. The van der Waals surface area contributed by atoms with Gasteiger partial charge in [0.15, 0.2) is 0 Å². The standard InChI is InChI=1S/C16H16N2O3/c1-11-5-3-4-6-15(11)12(2)17-16(19)13-7-9-14(10-8-13)18(20)21/h3-10,12H,1-2H3,(H,17,19). The van der Waals surface area contributed by atoms with Gasteiger partial charge >= 0.3 is 0 Å². The number of nitrogens with one attached hydrogen (secondary N) is 1. The van der Waals surface area contributed by atoms with Crippen molar-refractivity contribution < 1.29 is 9.72 Å². The first kappa shape index (κ1) is 14.7. The third-order valence-corrected chi connectivity index (χ3v) is 3.34. The molecule has 0 bridgehead atoms. The lowest BCUT2D eigenvalue weighted by atomic mass is 10.0. The quantitative estimate of drug-likeness (QED) is 0.691. The van der Waals surface area contributed by atoms with Crippen LogP contribution in [0.1, 0.15) is 34.5 Å². The average molecular weight is 284 g/mol. The van der Waals surface area contributed by atoms with Gasteiger partial charge in [0.1, 0.15) is 0 Å². The second-order valence-electron chi connectivity index (χ2n) is 4.86. The molecule has 0 saturated heterocycles. The van der Waals surface area contributed by atoms with Crippen LogP contribution in [-0.2, 0) is 0 Å². The summed E-state index contributed by atoms with van der Waals surface area (Å²) in [5, 5.41) is 13.5. The molecule has 2 rings (SSSR count). The Hall–Kier alpha value is -2.69. The van der Waals surface area contributed by atoms with Gasteiger partial charge in [0.25, 0.3) is 11.6 Å². The molecule has 0 heterocycles. The molecule has 2 aromatic rings. The first-order valence-corrected chi connectivity index (χ1v) is 6.60. The smallest absolute Gasteiger partial charge is 0.269 e. The van der Waals surface area contributed by atoms with Crippen molar-refractivity contribution in [3.63, 3.8) is 0 Å². The number of amides is 1. The summed E-state index contributed by atoms with van der Waals surface area (Å²) >= 11 is 0. The van der Waals surface area contributed by atoms with E-state index >= 15 is 0 Å².